The highest BCUT2D eigenvalue weighted by Gasteiger charge is 2.57. The standard InChI is InChI=1S/C18H22O3/c1-18-7-6-13-12-5-3-11(19)8-10(12)2-4-14(13)15(18)9-16(20)17(18)21/h3,5,8,13-15,17,19,21H,2,4,6-7,9H2,1H3/t13-,14-,15-,17+,18+/m1/s1. The van der Waals surface area contributed by atoms with Gasteiger partial charge in [0.15, 0.2) is 5.78 Å². The van der Waals surface area contributed by atoms with Crippen LogP contribution in [-0.4, -0.2) is 22.1 Å². The largest absolute Gasteiger partial charge is 0.508 e. The van der Waals surface area contributed by atoms with Crippen molar-refractivity contribution < 1.29 is 15.0 Å². The third kappa shape index (κ3) is 1.73. The molecule has 0 aliphatic heterocycles. The number of hydrogen-bond donors (Lipinski definition) is 2. The van der Waals surface area contributed by atoms with Gasteiger partial charge >= 0.3 is 0 Å². The number of rotatable bonds is 0. The lowest BCUT2D eigenvalue weighted by atomic mass is 9.55. The Balaban J connectivity index is 1.73. The Morgan fingerprint density at radius 3 is 2.90 bits per heavy atom. The number of aromatic hydroxyl groups is 1. The molecular formula is C18H22O3. The molecule has 0 saturated heterocycles. The third-order valence-corrected chi connectivity index (χ3v) is 6.50. The van der Waals surface area contributed by atoms with Gasteiger partial charge in [0.1, 0.15) is 11.9 Å². The minimum absolute atomic E-state index is 0.0413. The summed E-state index contributed by atoms with van der Waals surface area (Å²) in [6.45, 7) is 2.11. The van der Waals surface area contributed by atoms with Crippen molar-refractivity contribution in [1.82, 2.24) is 0 Å². The van der Waals surface area contributed by atoms with E-state index in [2.05, 4.69) is 13.0 Å². The Hall–Kier alpha value is -1.35. The van der Waals surface area contributed by atoms with Crippen molar-refractivity contribution in [3.05, 3.63) is 29.3 Å². The first-order valence-electron chi connectivity index (χ1n) is 8.03. The molecule has 21 heavy (non-hydrogen) atoms. The smallest absolute Gasteiger partial charge is 0.162 e. The zero-order valence-electron chi connectivity index (χ0n) is 12.4. The van der Waals surface area contributed by atoms with Crippen LogP contribution in [0, 0.1) is 17.3 Å². The first-order chi connectivity index (χ1) is 10.0. The number of benzene rings is 1. The Bertz CT molecular complexity index is 608. The first kappa shape index (κ1) is 13.3. The van der Waals surface area contributed by atoms with E-state index in [1.807, 2.05) is 6.07 Å². The van der Waals surface area contributed by atoms with Crippen molar-refractivity contribution in [2.24, 2.45) is 17.3 Å². The summed E-state index contributed by atoms with van der Waals surface area (Å²) in [4.78, 5) is 12.0. The molecule has 5 atom stereocenters. The van der Waals surface area contributed by atoms with Gasteiger partial charge in [-0.05, 0) is 66.7 Å². The van der Waals surface area contributed by atoms with Crippen LogP contribution in [-0.2, 0) is 11.2 Å². The zero-order chi connectivity index (χ0) is 14.8. The maximum absolute atomic E-state index is 12.0. The predicted molar refractivity (Wildman–Crippen MR) is 79.1 cm³/mol. The Kier molecular flexibility index (Phi) is 2.74. The summed E-state index contributed by atoms with van der Waals surface area (Å²) in [5, 5.41) is 20.0. The quantitative estimate of drug-likeness (QED) is 0.771. The minimum atomic E-state index is -0.760. The van der Waals surface area contributed by atoms with Gasteiger partial charge in [0.05, 0.1) is 0 Å². The molecule has 0 radical (unpaired) electrons. The van der Waals surface area contributed by atoms with E-state index in [-0.39, 0.29) is 11.2 Å². The monoisotopic (exact) mass is 286 g/mol. The highest BCUT2D eigenvalue weighted by molar-refractivity contribution is 5.86. The number of aliphatic hydroxyl groups excluding tert-OH is 1. The first-order valence-corrected chi connectivity index (χ1v) is 8.03. The normalized spacial score (nSPS) is 41.3. The molecule has 3 heteroatoms. The second-order valence-electron chi connectivity index (χ2n) is 7.42. The number of fused-ring (bicyclic) bond motifs is 5. The summed E-state index contributed by atoms with van der Waals surface area (Å²) >= 11 is 0. The molecule has 2 N–H and O–H groups in total. The fourth-order valence-corrected chi connectivity index (χ4v) is 5.34. The van der Waals surface area contributed by atoms with E-state index in [0.29, 0.717) is 29.9 Å². The third-order valence-electron chi connectivity index (χ3n) is 6.50. The van der Waals surface area contributed by atoms with Crippen molar-refractivity contribution >= 4 is 5.78 Å². The number of hydrogen-bond acceptors (Lipinski definition) is 3. The average Bonchev–Trinajstić information content (AvgIpc) is 2.70. The molecule has 2 fully saturated rings. The molecular weight excluding hydrogens is 264 g/mol. The molecule has 4 rings (SSSR count). The van der Waals surface area contributed by atoms with Crippen LogP contribution in [0.5, 0.6) is 5.75 Å². The van der Waals surface area contributed by atoms with Crippen molar-refractivity contribution in [3.8, 4) is 5.75 Å². The van der Waals surface area contributed by atoms with Crippen molar-refractivity contribution in [1.29, 1.82) is 0 Å². The second kappa shape index (κ2) is 4.33. The number of carbonyl (C=O) groups excluding carboxylic acids is 1. The Morgan fingerprint density at radius 2 is 2.10 bits per heavy atom. The van der Waals surface area contributed by atoms with E-state index in [4.69, 9.17) is 0 Å². The van der Waals surface area contributed by atoms with Crippen LogP contribution in [0.4, 0.5) is 0 Å². The summed E-state index contributed by atoms with van der Waals surface area (Å²) in [5.74, 6) is 1.70. The minimum Gasteiger partial charge on any atom is -0.508 e. The van der Waals surface area contributed by atoms with Gasteiger partial charge in [0, 0.05) is 11.8 Å². The molecule has 3 aliphatic carbocycles. The van der Waals surface area contributed by atoms with Gasteiger partial charge in [-0.15, -0.1) is 0 Å². The van der Waals surface area contributed by atoms with E-state index >= 15 is 0 Å². The van der Waals surface area contributed by atoms with Crippen molar-refractivity contribution in [3.63, 3.8) is 0 Å². The Morgan fingerprint density at radius 1 is 1.29 bits per heavy atom. The summed E-state index contributed by atoms with van der Waals surface area (Å²) in [6.07, 6.45) is 3.80. The molecule has 0 amide bonds. The lowest BCUT2D eigenvalue weighted by molar-refractivity contribution is -0.128. The molecule has 112 valence electrons. The molecule has 0 bridgehead atoms. The van der Waals surface area contributed by atoms with Gasteiger partial charge in [-0.3, -0.25) is 4.79 Å². The summed E-state index contributed by atoms with van der Waals surface area (Å²) in [7, 11) is 0. The molecule has 1 aromatic rings. The van der Waals surface area contributed by atoms with E-state index in [9.17, 15) is 15.0 Å². The Labute approximate surface area is 125 Å². The SMILES string of the molecule is C[C@]12CC[C@@H]3c4ccc(O)cc4CC[C@H]3[C@H]1CC(=O)[C@@H]2O. The van der Waals surface area contributed by atoms with Crippen molar-refractivity contribution in [2.75, 3.05) is 0 Å². The number of Topliss-reactive ketones (excluding diaryl/α,β-unsaturated/α-hetero) is 1. The number of phenolic OH excluding ortho intramolecular Hbond substituents is 1. The fraction of sp³-hybridized carbons (Fsp3) is 0.611. The topological polar surface area (TPSA) is 57.5 Å². The summed E-state index contributed by atoms with van der Waals surface area (Å²) in [5.41, 5.74) is 2.41. The van der Waals surface area contributed by atoms with E-state index < -0.39 is 6.10 Å². The molecule has 0 aromatic heterocycles. The zero-order valence-corrected chi connectivity index (χ0v) is 12.4. The van der Waals surface area contributed by atoms with Crippen LogP contribution in [0.3, 0.4) is 0 Å². The second-order valence-corrected chi connectivity index (χ2v) is 7.42. The average molecular weight is 286 g/mol. The maximum atomic E-state index is 12.0. The van der Waals surface area contributed by atoms with Gasteiger partial charge in [-0.2, -0.15) is 0 Å². The number of ketones is 1. The fourth-order valence-electron chi connectivity index (χ4n) is 5.34. The molecule has 0 heterocycles. The van der Waals surface area contributed by atoms with E-state index in [1.54, 1.807) is 6.07 Å². The van der Waals surface area contributed by atoms with Crippen LogP contribution in [0.1, 0.15) is 49.7 Å². The van der Waals surface area contributed by atoms with Crippen LogP contribution in [0.2, 0.25) is 0 Å². The summed E-state index contributed by atoms with van der Waals surface area (Å²) < 4.78 is 0. The van der Waals surface area contributed by atoms with E-state index in [0.717, 1.165) is 25.7 Å². The molecule has 0 spiro atoms. The predicted octanol–water partition coefficient (Wildman–Crippen LogP) is 2.79. The van der Waals surface area contributed by atoms with Gasteiger partial charge in [-0.25, -0.2) is 0 Å². The van der Waals surface area contributed by atoms with Gasteiger partial charge in [-0.1, -0.05) is 13.0 Å². The molecule has 3 nitrogen and oxygen atoms in total. The van der Waals surface area contributed by atoms with Gasteiger partial charge in [0.2, 0.25) is 0 Å². The number of aryl methyl sites for hydroxylation is 1. The number of carbonyl (C=O) groups is 1. The van der Waals surface area contributed by atoms with Crippen LogP contribution < -0.4 is 0 Å². The van der Waals surface area contributed by atoms with Gasteiger partial charge < -0.3 is 10.2 Å². The molecule has 0 unspecified atom stereocenters. The van der Waals surface area contributed by atoms with Crippen LogP contribution in [0.25, 0.3) is 0 Å². The molecule has 3 aliphatic rings. The van der Waals surface area contributed by atoms with Crippen molar-refractivity contribution in [2.45, 2.75) is 51.0 Å². The summed E-state index contributed by atoms with van der Waals surface area (Å²) in [6, 6.07) is 5.75. The van der Waals surface area contributed by atoms with Gasteiger partial charge in [0.25, 0.3) is 0 Å². The molecule has 1 aromatic carbocycles. The van der Waals surface area contributed by atoms with Crippen LogP contribution in [0.15, 0.2) is 18.2 Å². The van der Waals surface area contributed by atoms with E-state index in [1.165, 1.54) is 11.1 Å². The highest BCUT2D eigenvalue weighted by Crippen LogP contribution is 2.60. The lowest BCUT2D eigenvalue weighted by Gasteiger charge is -2.49. The number of aliphatic hydroxyl groups is 1. The molecule has 2 saturated carbocycles. The lowest BCUT2D eigenvalue weighted by Crippen LogP contribution is -2.44. The maximum Gasteiger partial charge on any atom is 0.162 e. The highest BCUT2D eigenvalue weighted by atomic mass is 16.3. The van der Waals surface area contributed by atoms with Crippen LogP contribution >= 0.6 is 0 Å². The number of phenols is 1.